The molecule has 1 amide bonds. The summed E-state index contributed by atoms with van der Waals surface area (Å²) >= 11 is 0. The van der Waals surface area contributed by atoms with Crippen molar-refractivity contribution in [3.63, 3.8) is 0 Å². The highest BCUT2D eigenvalue weighted by molar-refractivity contribution is 5.83. The van der Waals surface area contributed by atoms with Crippen LogP contribution in [0.1, 0.15) is 6.92 Å². The second-order valence-corrected chi connectivity index (χ2v) is 1.88. The van der Waals surface area contributed by atoms with Gasteiger partial charge in [-0.3, -0.25) is 4.79 Å². The van der Waals surface area contributed by atoms with E-state index in [-0.39, 0.29) is 18.1 Å². The smallest absolute Gasteiger partial charge is 0.251 e. The summed E-state index contributed by atoms with van der Waals surface area (Å²) in [6.07, 6.45) is -0.0325. The van der Waals surface area contributed by atoms with Gasteiger partial charge in [0.25, 0.3) is 5.91 Å². The van der Waals surface area contributed by atoms with Crippen LogP contribution >= 0.6 is 0 Å². The number of ether oxygens (including phenoxy) is 1. The van der Waals surface area contributed by atoms with Crippen LogP contribution in [0.5, 0.6) is 0 Å². The molecule has 2 atom stereocenters. The molecule has 1 N–H and O–H groups in total. The molecule has 1 rings (SSSR count). The first-order valence-electron chi connectivity index (χ1n) is 3.12. The summed E-state index contributed by atoms with van der Waals surface area (Å²) in [5, 5.41) is 2.49. The highest BCUT2D eigenvalue weighted by Gasteiger charge is 2.40. The van der Waals surface area contributed by atoms with E-state index in [0.29, 0.717) is 0 Å². The third-order valence-electron chi connectivity index (χ3n) is 1.22. The van der Waals surface area contributed by atoms with Gasteiger partial charge in [0.2, 0.25) is 0 Å². The molecule has 1 aliphatic rings. The van der Waals surface area contributed by atoms with Crippen molar-refractivity contribution < 1.29 is 9.53 Å². The van der Waals surface area contributed by atoms with Crippen LogP contribution < -0.4 is 5.32 Å². The van der Waals surface area contributed by atoms with Gasteiger partial charge in [0.05, 0.1) is 6.10 Å². The molecule has 1 saturated heterocycles. The number of hydrogen-bond donors (Lipinski definition) is 1. The Hall–Kier alpha value is -0.830. The van der Waals surface area contributed by atoms with Gasteiger partial charge in [-0.25, -0.2) is 0 Å². The van der Waals surface area contributed by atoms with Gasteiger partial charge in [-0.05, 0) is 6.92 Å². The van der Waals surface area contributed by atoms with E-state index in [4.69, 9.17) is 4.74 Å². The second-order valence-electron chi connectivity index (χ2n) is 1.88. The predicted octanol–water partition coefficient (Wildman–Crippen LogP) is 0.322. The Balaban J connectivity index is 0.000000371. The fourth-order valence-electron chi connectivity index (χ4n) is 0.603. The molecule has 3 nitrogen and oxygen atoms in total. The van der Waals surface area contributed by atoms with Crippen LogP contribution in [0.3, 0.4) is 0 Å². The van der Waals surface area contributed by atoms with Crippen LogP contribution in [0.4, 0.5) is 0 Å². The molecule has 0 bridgehead atoms. The number of carbonyl (C=O) groups is 1. The maximum atomic E-state index is 10.5. The lowest BCUT2D eigenvalue weighted by molar-refractivity contribution is -0.121. The SMILES string of the molecule is C=C.CNC(=O)C1OC1C. The molecule has 58 valence electrons. The van der Waals surface area contributed by atoms with E-state index in [1.54, 1.807) is 7.05 Å². The lowest BCUT2D eigenvalue weighted by atomic mass is 10.3. The molecule has 3 heteroatoms. The topological polar surface area (TPSA) is 41.6 Å². The number of hydrogen-bond acceptors (Lipinski definition) is 2. The molecule has 0 aliphatic carbocycles. The van der Waals surface area contributed by atoms with Crippen LogP contribution in [0.15, 0.2) is 13.2 Å². The Morgan fingerprint density at radius 2 is 2.00 bits per heavy atom. The van der Waals surface area contributed by atoms with Gasteiger partial charge in [0.1, 0.15) is 0 Å². The quantitative estimate of drug-likeness (QED) is 0.424. The first-order valence-corrected chi connectivity index (χ1v) is 3.12. The Morgan fingerprint density at radius 3 is 2.10 bits per heavy atom. The number of nitrogens with one attached hydrogen (secondary N) is 1. The van der Waals surface area contributed by atoms with Gasteiger partial charge in [-0.15, -0.1) is 13.2 Å². The maximum Gasteiger partial charge on any atom is 0.251 e. The molecule has 0 aromatic carbocycles. The third-order valence-corrected chi connectivity index (χ3v) is 1.22. The number of likely N-dealkylation sites (N-methyl/N-ethyl adjacent to an activating group) is 1. The van der Waals surface area contributed by atoms with Crippen molar-refractivity contribution in [2.24, 2.45) is 0 Å². The highest BCUT2D eigenvalue weighted by atomic mass is 16.6. The fourth-order valence-corrected chi connectivity index (χ4v) is 0.603. The number of carbonyl (C=O) groups excluding carboxylic acids is 1. The van der Waals surface area contributed by atoms with Crippen LogP contribution in [-0.4, -0.2) is 25.2 Å². The maximum absolute atomic E-state index is 10.5. The van der Waals surface area contributed by atoms with Gasteiger partial charge in [0, 0.05) is 7.05 Å². The van der Waals surface area contributed by atoms with Crippen LogP contribution in [0, 0.1) is 0 Å². The average molecular weight is 143 g/mol. The minimum Gasteiger partial charge on any atom is -0.359 e. The minimum absolute atomic E-state index is 0.0162. The van der Waals surface area contributed by atoms with Crippen molar-refractivity contribution in [2.75, 3.05) is 7.05 Å². The monoisotopic (exact) mass is 143 g/mol. The average Bonchev–Trinajstić information content (AvgIpc) is 2.70. The first kappa shape index (κ1) is 9.17. The minimum atomic E-state index is -0.167. The van der Waals surface area contributed by atoms with E-state index in [1.807, 2.05) is 6.92 Å². The van der Waals surface area contributed by atoms with E-state index in [0.717, 1.165) is 0 Å². The molecule has 0 spiro atoms. The van der Waals surface area contributed by atoms with Crippen molar-refractivity contribution in [1.29, 1.82) is 0 Å². The van der Waals surface area contributed by atoms with Crippen LogP contribution in [0.2, 0.25) is 0 Å². The van der Waals surface area contributed by atoms with Gasteiger partial charge in [-0.1, -0.05) is 0 Å². The molecular formula is C7H13NO2. The molecule has 0 aromatic heterocycles. The molecule has 1 fully saturated rings. The van der Waals surface area contributed by atoms with E-state index in [2.05, 4.69) is 18.5 Å². The Bertz CT molecular complexity index is 125. The normalized spacial score (nSPS) is 27.8. The lowest BCUT2D eigenvalue weighted by Crippen LogP contribution is -2.24. The molecule has 1 aliphatic heterocycles. The number of epoxide rings is 1. The zero-order chi connectivity index (χ0) is 8.15. The first-order chi connectivity index (χ1) is 4.75. The van der Waals surface area contributed by atoms with E-state index in [9.17, 15) is 4.79 Å². The van der Waals surface area contributed by atoms with Crippen LogP contribution in [-0.2, 0) is 9.53 Å². The van der Waals surface area contributed by atoms with Gasteiger partial charge in [0.15, 0.2) is 6.10 Å². The number of rotatable bonds is 1. The second kappa shape index (κ2) is 4.06. The molecule has 1 heterocycles. The summed E-state index contributed by atoms with van der Waals surface area (Å²) in [6, 6.07) is 0. The Kier molecular flexibility index (Phi) is 3.72. The molecule has 2 unspecified atom stereocenters. The third kappa shape index (κ3) is 2.19. The summed E-state index contributed by atoms with van der Waals surface area (Å²) in [7, 11) is 1.61. The van der Waals surface area contributed by atoms with E-state index >= 15 is 0 Å². The Morgan fingerprint density at radius 1 is 1.60 bits per heavy atom. The van der Waals surface area contributed by atoms with E-state index < -0.39 is 0 Å². The molecule has 10 heavy (non-hydrogen) atoms. The molecular weight excluding hydrogens is 130 g/mol. The summed E-state index contributed by atoms with van der Waals surface area (Å²) in [5.74, 6) is -0.0162. The predicted molar refractivity (Wildman–Crippen MR) is 39.7 cm³/mol. The Labute approximate surface area is 61.1 Å². The zero-order valence-electron chi connectivity index (χ0n) is 6.39. The summed E-state index contributed by atoms with van der Waals surface area (Å²) in [5.41, 5.74) is 0. The highest BCUT2D eigenvalue weighted by Crippen LogP contribution is 2.20. The number of amides is 1. The standard InChI is InChI=1S/C5H9NO2.C2H4/c1-3-4(8-3)5(7)6-2;1-2/h3-4H,1-2H3,(H,6,7);1-2H2. The summed E-state index contributed by atoms with van der Waals surface area (Å²) in [6.45, 7) is 7.87. The lowest BCUT2D eigenvalue weighted by Gasteiger charge is -1.88. The van der Waals surface area contributed by atoms with Gasteiger partial charge >= 0.3 is 0 Å². The molecule has 0 radical (unpaired) electrons. The summed E-state index contributed by atoms with van der Waals surface area (Å²) < 4.78 is 4.86. The van der Waals surface area contributed by atoms with Crippen molar-refractivity contribution in [1.82, 2.24) is 5.32 Å². The zero-order valence-corrected chi connectivity index (χ0v) is 6.39. The van der Waals surface area contributed by atoms with Crippen molar-refractivity contribution in [2.45, 2.75) is 19.1 Å². The molecule has 0 saturated carbocycles. The molecule has 0 aromatic rings. The van der Waals surface area contributed by atoms with Crippen molar-refractivity contribution in [3.05, 3.63) is 13.2 Å². The fraction of sp³-hybridized carbons (Fsp3) is 0.571. The van der Waals surface area contributed by atoms with Gasteiger partial charge in [-0.2, -0.15) is 0 Å². The van der Waals surface area contributed by atoms with Crippen LogP contribution in [0.25, 0.3) is 0 Å². The van der Waals surface area contributed by atoms with E-state index in [1.165, 1.54) is 0 Å². The summed E-state index contributed by atoms with van der Waals surface area (Å²) in [4.78, 5) is 10.5. The largest absolute Gasteiger partial charge is 0.359 e. The van der Waals surface area contributed by atoms with Crippen molar-refractivity contribution >= 4 is 5.91 Å². The van der Waals surface area contributed by atoms with Crippen molar-refractivity contribution in [3.8, 4) is 0 Å². The van der Waals surface area contributed by atoms with Gasteiger partial charge < -0.3 is 10.1 Å².